The van der Waals surface area contributed by atoms with Crippen LogP contribution in [0.5, 0.6) is 0 Å². The van der Waals surface area contributed by atoms with Crippen molar-refractivity contribution < 1.29 is 68.6 Å². The summed E-state index contributed by atoms with van der Waals surface area (Å²) in [7, 11) is 0. The topological polar surface area (TPSA) is 415 Å². The van der Waals surface area contributed by atoms with Crippen molar-refractivity contribution in [3.8, 4) is 0 Å². The molecule has 56 heavy (non-hydrogen) atoms. The second-order valence-electron chi connectivity index (χ2n) is 12.8. The van der Waals surface area contributed by atoms with Crippen LogP contribution in [0.4, 0.5) is 0 Å². The summed E-state index contributed by atoms with van der Waals surface area (Å²) in [4.78, 5) is 104. The van der Waals surface area contributed by atoms with Gasteiger partial charge in [-0.1, -0.05) is 0 Å². The molecule has 2 rings (SSSR count). The van der Waals surface area contributed by atoms with E-state index in [1.807, 2.05) is 0 Å². The van der Waals surface area contributed by atoms with Crippen molar-refractivity contribution >= 4 is 65.2 Å². The summed E-state index contributed by atoms with van der Waals surface area (Å²) in [6.07, 6.45) is -2.20. The minimum atomic E-state index is -1.64. The molecule has 2 aliphatic rings. The Hall–Kier alpha value is -5.08. The molecule has 25 heteroatoms. The van der Waals surface area contributed by atoms with Crippen LogP contribution in [0.3, 0.4) is 0 Å². The molecule has 0 aliphatic carbocycles. The second kappa shape index (κ2) is 22.5. The van der Waals surface area contributed by atoms with E-state index in [4.69, 9.17) is 32.8 Å². The number of carboxylic acid groups (broad SMARTS) is 2. The number of β-lactam (4-membered cyclic amide) rings is 1. The molecule has 2 aliphatic heterocycles. The SMILES string of the molecule is C[C@H](N)C(=O)N[C@@H](CO)C(=O)N[C@@H](CO)C(=O)N[C@H](CCCN=C(N)N)[C@H](O)CC(=O)OCC1=C(C(=O)O)N2C(=O)[C@@H](NC(=O)CCC[C@@H](N)C(=O)O)C2SC1. The number of nitrogens with zero attached hydrogens (tertiary/aromatic N) is 2. The average molecular weight is 819 g/mol. The Morgan fingerprint density at radius 3 is 2.11 bits per heavy atom. The first-order valence-electron chi connectivity index (χ1n) is 17.3. The number of aliphatic imine (C=N–C) groups is 1. The van der Waals surface area contributed by atoms with Gasteiger partial charge in [0.1, 0.15) is 41.8 Å². The van der Waals surface area contributed by atoms with E-state index in [1.54, 1.807) is 0 Å². The molecule has 8 atom stereocenters. The minimum Gasteiger partial charge on any atom is -0.480 e. The molecule has 1 saturated heterocycles. The Bertz CT molecular complexity index is 1540. The standard InChI is InChI=1S/C31H50N10O14S/c1-13(32)24(47)38-17(9-42)26(49)39-18(10-43)25(48)37-16(5-3-7-36-31(34)35)19(44)8-21(46)55-11-14-12-56-28-22(27(50)41(28)23(14)30(53)54)40-20(45)6-2-4-15(33)29(51)52/h13,15-19,22,28,42-44H,2-12,32-33H2,1H3,(H,37,48)(H,38,47)(H,39,49)(H,40,45)(H,51,52)(H,53,54)(H4,34,35,36)/t13-,15+,16+,17-,18-,19+,22+,28?/m0/s1. The predicted molar refractivity (Wildman–Crippen MR) is 194 cm³/mol. The number of aliphatic carboxylic acids is 2. The number of amides is 5. The number of carboxylic acids is 2. The van der Waals surface area contributed by atoms with E-state index < -0.39 is 127 Å². The minimum absolute atomic E-state index is 0.0183. The van der Waals surface area contributed by atoms with Gasteiger partial charge in [-0.15, -0.1) is 11.8 Å². The largest absolute Gasteiger partial charge is 0.480 e. The number of guanidine groups is 1. The number of nitrogens with one attached hydrogen (secondary N) is 4. The van der Waals surface area contributed by atoms with Gasteiger partial charge in [0, 0.05) is 24.3 Å². The molecule has 0 aromatic rings. The van der Waals surface area contributed by atoms with Gasteiger partial charge in [-0.05, 0) is 32.6 Å². The van der Waals surface area contributed by atoms with E-state index in [9.17, 15) is 58.8 Å². The molecule has 0 radical (unpaired) electrons. The highest BCUT2D eigenvalue weighted by molar-refractivity contribution is 8.00. The number of carbonyl (C=O) groups is 8. The van der Waals surface area contributed by atoms with Crippen molar-refractivity contribution in [3.05, 3.63) is 11.3 Å². The maximum absolute atomic E-state index is 13.1. The lowest BCUT2D eigenvalue weighted by Crippen LogP contribution is -2.70. The predicted octanol–water partition coefficient (Wildman–Crippen LogP) is -6.56. The van der Waals surface area contributed by atoms with Crippen LogP contribution in [-0.2, 0) is 43.1 Å². The second-order valence-corrected chi connectivity index (χ2v) is 13.9. The first kappa shape index (κ1) is 47.1. The lowest BCUT2D eigenvalue weighted by molar-refractivity contribution is -0.151. The van der Waals surface area contributed by atoms with Crippen LogP contribution >= 0.6 is 11.8 Å². The number of esters is 1. The molecule has 0 spiro atoms. The summed E-state index contributed by atoms with van der Waals surface area (Å²) in [5.41, 5.74) is 21.2. The zero-order chi connectivity index (χ0) is 42.3. The number of thioether (sulfide) groups is 1. The lowest BCUT2D eigenvalue weighted by Gasteiger charge is -2.49. The molecule has 0 aromatic carbocycles. The lowest BCUT2D eigenvalue weighted by atomic mass is 10.0. The van der Waals surface area contributed by atoms with Gasteiger partial charge in [0.2, 0.25) is 23.6 Å². The summed E-state index contributed by atoms with van der Waals surface area (Å²) in [5, 5.41) is 57.7. The van der Waals surface area contributed by atoms with Crippen LogP contribution in [0.2, 0.25) is 0 Å². The van der Waals surface area contributed by atoms with E-state index in [0.717, 1.165) is 16.7 Å². The molecule has 314 valence electrons. The molecule has 1 fully saturated rings. The number of fused-ring (bicyclic) bond motifs is 1. The van der Waals surface area contributed by atoms with Crippen molar-refractivity contribution in [2.24, 2.45) is 27.9 Å². The number of carbonyl (C=O) groups excluding carboxylic acids is 6. The highest BCUT2D eigenvalue weighted by Crippen LogP contribution is 2.40. The summed E-state index contributed by atoms with van der Waals surface area (Å²) in [6, 6.07) is -7.61. The third-order valence-electron chi connectivity index (χ3n) is 8.39. The first-order valence-corrected chi connectivity index (χ1v) is 18.3. The van der Waals surface area contributed by atoms with Crippen LogP contribution < -0.4 is 44.2 Å². The van der Waals surface area contributed by atoms with Crippen molar-refractivity contribution in [2.45, 2.75) is 93.2 Å². The Kier molecular flexibility index (Phi) is 18.9. The number of aliphatic hydroxyl groups is 3. The quantitative estimate of drug-likeness (QED) is 0.0142. The van der Waals surface area contributed by atoms with Crippen LogP contribution in [0.15, 0.2) is 16.3 Å². The van der Waals surface area contributed by atoms with Crippen molar-refractivity contribution in [1.82, 2.24) is 26.2 Å². The zero-order valence-electron chi connectivity index (χ0n) is 30.4. The fourth-order valence-corrected chi connectivity index (χ4v) is 6.64. The molecule has 2 heterocycles. The van der Waals surface area contributed by atoms with Gasteiger partial charge >= 0.3 is 17.9 Å². The Morgan fingerprint density at radius 1 is 0.946 bits per heavy atom. The fourth-order valence-electron chi connectivity index (χ4n) is 5.31. The molecule has 0 aromatic heterocycles. The molecular formula is C31H50N10O14S. The molecule has 24 nitrogen and oxygen atoms in total. The van der Waals surface area contributed by atoms with Crippen molar-refractivity contribution in [1.29, 1.82) is 0 Å². The number of ether oxygens (including phenoxy) is 1. The van der Waals surface area contributed by atoms with Gasteiger partial charge < -0.3 is 74.5 Å². The molecule has 17 N–H and O–H groups in total. The van der Waals surface area contributed by atoms with Gasteiger partial charge in [-0.3, -0.25) is 43.5 Å². The Labute approximate surface area is 324 Å². The summed E-state index contributed by atoms with van der Waals surface area (Å²) in [5.74, 6) is -8.12. The average Bonchev–Trinajstić information content (AvgIpc) is 3.13. The highest BCUT2D eigenvalue weighted by atomic mass is 32.2. The van der Waals surface area contributed by atoms with E-state index >= 15 is 0 Å². The zero-order valence-corrected chi connectivity index (χ0v) is 31.2. The molecular weight excluding hydrogens is 768 g/mol. The fraction of sp³-hybridized carbons (Fsp3) is 0.645. The van der Waals surface area contributed by atoms with Crippen LogP contribution in [0.25, 0.3) is 0 Å². The van der Waals surface area contributed by atoms with E-state index in [0.29, 0.717) is 0 Å². The summed E-state index contributed by atoms with van der Waals surface area (Å²) in [6.45, 7) is -1.03. The smallest absolute Gasteiger partial charge is 0.352 e. The molecule has 5 amide bonds. The number of aliphatic hydroxyl groups excluding tert-OH is 3. The highest BCUT2D eigenvalue weighted by Gasteiger charge is 2.54. The summed E-state index contributed by atoms with van der Waals surface area (Å²) >= 11 is 1.10. The normalized spacial score (nSPS) is 19.4. The summed E-state index contributed by atoms with van der Waals surface area (Å²) < 4.78 is 5.24. The third kappa shape index (κ3) is 13.9. The van der Waals surface area contributed by atoms with Gasteiger partial charge in [0.15, 0.2) is 5.96 Å². The Balaban J connectivity index is 2.07. The number of nitrogens with two attached hydrogens (primary N) is 4. The van der Waals surface area contributed by atoms with Crippen LogP contribution in [-0.4, -0.2) is 164 Å². The monoisotopic (exact) mass is 818 g/mol. The maximum atomic E-state index is 13.1. The number of rotatable bonds is 24. The van der Waals surface area contributed by atoms with Gasteiger partial charge in [0.05, 0.1) is 37.8 Å². The third-order valence-corrected chi connectivity index (χ3v) is 9.73. The van der Waals surface area contributed by atoms with E-state index in [2.05, 4.69) is 26.3 Å². The van der Waals surface area contributed by atoms with Crippen LogP contribution in [0.1, 0.15) is 45.4 Å². The maximum Gasteiger partial charge on any atom is 0.352 e. The van der Waals surface area contributed by atoms with Gasteiger partial charge in [-0.25, -0.2) is 4.79 Å². The van der Waals surface area contributed by atoms with Crippen LogP contribution in [0, 0.1) is 0 Å². The number of hydrogen-bond acceptors (Lipinski definition) is 16. The molecule has 0 saturated carbocycles. The first-order chi connectivity index (χ1) is 26.3. The molecule has 0 bridgehead atoms. The molecule has 1 unspecified atom stereocenters. The number of hydrogen-bond donors (Lipinski definition) is 13. The van der Waals surface area contributed by atoms with E-state index in [1.165, 1.54) is 6.92 Å². The van der Waals surface area contributed by atoms with Gasteiger partial charge in [-0.2, -0.15) is 0 Å². The van der Waals surface area contributed by atoms with E-state index in [-0.39, 0.29) is 55.9 Å². The van der Waals surface area contributed by atoms with Gasteiger partial charge in [0.25, 0.3) is 5.91 Å². The Morgan fingerprint density at radius 2 is 1.55 bits per heavy atom. The van der Waals surface area contributed by atoms with Crippen molar-refractivity contribution in [3.63, 3.8) is 0 Å². The van der Waals surface area contributed by atoms with Crippen molar-refractivity contribution in [2.75, 3.05) is 32.1 Å².